The van der Waals surface area contributed by atoms with Crippen LogP contribution >= 0.6 is 0 Å². The Morgan fingerprint density at radius 3 is 2.44 bits per heavy atom. The fourth-order valence-electron chi connectivity index (χ4n) is 2.15. The lowest BCUT2D eigenvalue weighted by Crippen LogP contribution is -1.98. The topological polar surface area (TPSA) is 55.1 Å². The monoisotopic (exact) mass is 242 g/mol. The SMILES string of the molecule is COc1cc(C#N)c(OC)c2c(C)cc(C)nc12. The Morgan fingerprint density at radius 1 is 1.17 bits per heavy atom. The number of methoxy groups -OCH3 is 2. The number of benzene rings is 1. The maximum atomic E-state index is 9.17. The summed E-state index contributed by atoms with van der Waals surface area (Å²) in [6, 6.07) is 5.75. The smallest absolute Gasteiger partial charge is 0.146 e. The number of fused-ring (bicyclic) bond motifs is 1. The Labute approximate surface area is 106 Å². The standard InChI is InChI=1S/C14H14N2O2/c1-8-5-9(2)16-13-11(17-3)6-10(7-15)14(18-4)12(8)13/h5-6H,1-4H3. The summed E-state index contributed by atoms with van der Waals surface area (Å²) in [5, 5.41) is 10.0. The van der Waals surface area contributed by atoms with Gasteiger partial charge in [0.25, 0.3) is 0 Å². The van der Waals surface area contributed by atoms with E-state index in [0.717, 1.165) is 22.2 Å². The molecule has 0 saturated carbocycles. The zero-order valence-corrected chi connectivity index (χ0v) is 10.9. The van der Waals surface area contributed by atoms with Crippen LogP contribution in [0.3, 0.4) is 0 Å². The maximum absolute atomic E-state index is 9.17. The van der Waals surface area contributed by atoms with Crippen molar-refractivity contribution in [2.75, 3.05) is 14.2 Å². The van der Waals surface area contributed by atoms with Crippen molar-refractivity contribution in [1.82, 2.24) is 4.98 Å². The van der Waals surface area contributed by atoms with Gasteiger partial charge in [0.1, 0.15) is 23.1 Å². The number of nitrogens with zero attached hydrogens (tertiary/aromatic N) is 2. The van der Waals surface area contributed by atoms with E-state index < -0.39 is 0 Å². The summed E-state index contributed by atoms with van der Waals surface area (Å²) < 4.78 is 10.7. The molecule has 1 heterocycles. The first-order chi connectivity index (χ1) is 8.62. The fourth-order valence-corrected chi connectivity index (χ4v) is 2.15. The zero-order chi connectivity index (χ0) is 13.3. The van der Waals surface area contributed by atoms with Gasteiger partial charge in [-0.1, -0.05) is 0 Å². The fraction of sp³-hybridized carbons (Fsp3) is 0.286. The van der Waals surface area contributed by atoms with Crippen LogP contribution in [-0.2, 0) is 0 Å². The summed E-state index contributed by atoms with van der Waals surface area (Å²) in [5.41, 5.74) is 3.11. The van der Waals surface area contributed by atoms with Crippen molar-refractivity contribution in [2.24, 2.45) is 0 Å². The Bertz CT molecular complexity index is 657. The second-order valence-corrected chi connectivity index (χ2v) is 4.08. The molecule has 1 aromatic carbocycles. The number of hydrogen-bond donors (Lipinski definition) is 0. The maximum Gasteiger partial charge on any atom is 0.146 e. The number of aromatic nitrogens is 1. The Balaban J connectivity index is 3.01. The molecule has 0 aliphatic carbocycles. The lowest BCUT2D eigenvalue weighted by atomic mass is 10.0. The van der Waals surface area contributed by atoms with Crippen LogP contribution in [0, 0.1) is 25.2 Å². The van der Waals surface area contributed by atoms with Crippen molar-refractivity contribution >= 4 is 10.9 Å². The predicted octanol–water partition coefficient (Wildman–Crippen LogP) is 2.74. The third-order valence-electron chi connectivity index (χ3n) is 2.87. The molecule has 0 atom stereocenters. The first-order valence-corrected chi connectivity index (χ1v) is 5.55. The number of hydrogen-bond acceptors (Lipinski definition) is 4. The van der Waals surface area contributed by atoms with Crippen molar-refractivity contribution in [2.45, 2.75) is 13.8 Å². The third kappa shape index (κ3) is 1.74. The van der Waals surface area contributed by atoms with Gasteiger partial charge in [-0.3, -0.25) is 0 Å². The normalized spacial score (nSPS) is 10.2. The van der Waals surface area contributed by atoms with Crippen molar-refractivity contribution in [3.05, 3.63) is 29.0 Å². The molecule has 0 aliphatic rings. The van der Waals surface area contributed by atoms with Gasteiger partial charge in [-0.15, -0.1) is 0 Å². The molecule has 1 aromatic heterocycles. The zero-order valence-electron chi connectivity index (χ0n) is 10.9. The highest BCUT2D eigenvalue weighted by Crippen LogP contribution is 2.37. The van der Waals surface area contributed by atoms with Gasteiger partial charge in [0.2, 0.25) is 0 Å². The van der Waals surface area contributed by atoms with E-state index in [1.54, 1.807) is 20.3 Å². The van der Waals surface area contributed by atoms with Gasteiger partial charge in [0.15, 0.2) is 0 Å². The molecule has 0 bridgehead atoms. The average Bonchev–Trinajstić information content (AvgIpc) is 2.36. The minimum absolute atomic E-state index is 0.454. The number of aryl methyl sites for hydroxylation is 2. The van der Waals surface area contributed by atoms with Crippen LogP contribution in [0.5, 0.6) is 11.5 Å². The molecule has 0 spiro atoms. The summed E-state index contributed by atoms with van der Waals surface area (Å²) in [6.07, 6.45) is 0. The molecule has 2 rings (SSSR count). The molecule has 0 aliphatic heterocycles. The second-order valence-electron chi connectivity index (χ2n) is 4.08. The van der Waals surface area contributed by atoms with Gasteiger partial charge in [0, 0.05) is 11.8 Å². The van der Waals surface area contributed by atoms with E-state index in [-0.39, 0.29) is 0 Å². The van der Waals surface area contributed by atoms with E-state index in [1.807, 2.05) is 19.9 Å². The molecule has 0 amide bonds. The Hall–Kier alpha value is -2.28. The van der Waals surface area contributed by atoms with E-state index in [2.05, 4.69) is 11.1 Å². The highest BCUT2D eigenvalue weighted by atomic mass is 16.5. The minimum atomic E-state index is 0.454. The van der Waals surface area contributed by atoms with Crippen molar-refractivity contribution in [1.29, 1.82) is 5.26 Å². The molecule has 4 heteroatoms. The van der Waals surface area contributed by atoms with Crippen LogP contribution in [0.25, 0.3) is 10.9 Å². The highest BCUT2D eigenvalue weighted by Gasteiger charge is 2.16. The molecule has 4 nitrogen and oxygen atoms in total. The van der Waals surface area contributed by atoms with Crippen LogP contribution in [0.4, 0.5) is 0 Å². The molecule has 0 unspecified atom stereocenters. The predicted molar refractivity (Wildman–Crippen MR) is 69.0 cm³/mol. The molecule has 18 heavy (non-hydrogen) atoms. The molecule has 0 radical (unpaired) electrons. The first-order valence-electron chi connectivity index (χ1n) is 5.55. The van der Waals surface area contributed by atoms with E-state index in [0.29, 0.717) is 17.1 Å². The second kappa shape index (κ2) is 4.53. The average molecular weight is 242 g/mol. The van der Waals surface area contributed by atoms with E-state index in [1.165, 1.54) is 0 Å². The minimum Gasteiger partial charge on any atom is -0.495 e. The van der Waals surface area contributed by atoms with Gasteiger partial charge < -0.3 is 9.47 Å². The molecule has 92 valence electrons. The summed E-state index contributed by atoms with van der Waals surface area (Å²) in [7, 11) is 3.13. The van der Waals surface area contributed by atoms with Gasteiger partial charge in [-0.05, 0) is 25.5 Å². The Kier molecular flexibility index (Phi) is 3.07. The molecule has 0 saturated heterocycles. The molecule has 0 N–H and O–H groups in total. The van der Waals surface area contributed by atoms with E-state index >= 15 is 0 Å². The van der Waals surface area contributed by atoms with Crippen LogP contribution in [0.15, 0.2) is 12.1 Å². The van der Waals surface area contributed by atoms with E-state index in [4.69, 9.17) is 14.7 Å². The van der Waals surface area contributed by atoms with Crippen molar-refractivity contribution in [3.8, 4) is 17.6 Å². The summed E-state index contributed by atoms with van der Waals surface area (Å²) >= 11 is 0. The van der Waals surface area contributed by atoms with Gasteiger partial charge in [0.05, 0.1) is 25.2 Å². The number of rotatable bonds is 2. The first kappa shape index (κ1) is 12.2. The quantitative estimate of drug-likeness (QED) is 0.812. The number of nitriles is 1. The highest BCUT2D eigenvalue weighted by molar-refractivity contribution is 5.95. The molecular formula is C14H14N2O2. The number of pyridine rings is 1. The van der Waals surface area contributed by atoms with Gasteiger partial charge in [-0.25, -0.2) is 4.98 Å². The largest absolute Gasteiger partial charge is 0.495 e. The number of ether oxygens (including phenoxy) is 2. The van der Waals surface area contributed by atoms with Crippen LogP contribution in [0.1, 0.15) is 16.8 Å². The summed E-state index contributed by atoms with van der Waals surface area (Å²) in [6.45, 7) is 3.90. The van der Waals surface area contributed by atoms with Crippen LogP contribution in [0.2, 0.25) is 0 Å². The Morgan fingerprint density at radius 2 is 1.89 bits per heavy atom. The van der Waals surface area contributed by atoms with Crippen molar-refractivity contribution < 1.29 is 9.47 Å². The summed E-state index contributed by atoms with van der Waals surface area (Å²) in [5.74, 6) is 1.15. The molecular weight excluding hydrogens is 228 g/mol. The summed E-state index contributed by atoms with van der Waals surface area (Å²) in [4.78, 5) is 4.48. The van der Waals surface area contributed by atoms with Crippen molar-refractivity contribution in [3.63, 3.8) is 0 Å². The molecule has 2 aromatic rings. The van der Waals surface area contributed by atoms with Gasteiger partial charge >= 0.3 is 0 Å². The van der Waals surface area contributed by atoms with Gasteiger partial charge in [-0.2, -0.15) is 5.26 Å². The van der Waals surface area contributed by atoms with Crippen LogP contribution < -0.4 is 9.47 Å². The van der Waals surface area contributed by atoms with Crippen LogP contribution in [-0.4, -0.2) is 19.2 Å². The third-order valence-corrected chi connectivity index (χ3v) is 2.87. The molecule has 0 fully saturated rings. The lowest BCUT2D eigenvalue weighted by Gasteiger charge is -2.13. The lowest BCUT2D eigenvalue weighted by molar-refractivity contribution is 0.408. The van der Waals surface area contributed by atoms with E-state index in [9.17, 15) is 0 Å².